The van der Waals surface area contributed by atoms with Crippen molar-refractivity contribution in [2.45, 2.75) is 0 Å². The van der Waals surface area contributed by atoms with E-state index in [-0.39, 0.29) is 5.82 Å². The van der Waals surface area contributed by atoms with E-state index in [0.29, 0.717) is 22.7 Å². The third-order valence-electron chi connectivity index (χ3n) is 3.58. The second-order valence-corrected chi connectivity index (χ2v) is 6.74. The molecular formula is C17H12BrFN6S. The van der Waals surface area contributed by atoms with Crippen molar-refractivity contribution in [3.05, 3.63) is 71.3 Å². The standard InChI is InChI=1S/C17H12BrFN6S/c18-13-10-21-25-16(24-26-23-11-5-7-20-8-6-11)9-15(22-17(13)25)12-3-1-2-4-14(12)19/h1-10,24H,(H,20,23). The number of hydrogen-bond acceptors (Lipinski definition) is 6. The summed E-state index contributed by atoms with van der Waals surface area (Å²) >= 11 is 4.70. The number of nitrogens with zero attached hydrogens (tertiary/aromatic N) is 4. The van der Waals surface area contributed by atoms with Gasteiger partial charge in [-0.15, -0.1) is 0 Å². The van der Waals surface area contributed by atoms with E-state index in [4.69, 9.17) is 0 Å². The molecule has 0 amide bonds. The summed E-state index contributed by atoms with van der Waals surface area (Å²) in [7, 11) is 0. The number of pyridine rings is 1. The van der Waals surface area contributed by atoms with Gasteiger partial charge >= 0.3 is 0 Å². The summed E-state index contributed by atoms with van der Waals surface area (Å²) in [6, 6.07) is 12.0. The van der Waals surface area contributed by atoms with E-state index in [2.05, 4.69) is 40.4 Å². The maximum atomic E-state index is 14.2. The molecule has 0 unspecified atom stereocenters. The summed E-state index contributed by atoms with van der Waals surface area (Å²) in [5.41, 5.74) is 2.44. The van der Waals surface area contributed by atoms with Crippen LogP contribution in [0, 0.1) is 5.82 Å². The molecule has 26 heavy (non-hydrogen) atoms. The van der Waals surface area contributed by atoms with Crippen LogP contribution < -0.4 is 9.44 Å². The van der Waals surface area contributed by atoms with Crippen molar-refractivity contribution in [2.24, 2.45) is 0 Å². The van der Waals surface area contributed by atoms with Gasteiger partial charge in [0.15, 0.2) is 5.65 Å². The van der Waals surface area contributed by atoms with Gasteiger partial charge in [0.25, 0.3) is 0 Å². The molecule has 6 nitrogen and oxygen atoms in total. The molecule has 0 saturated carbocycles. The number of rotatable bonds is 5. The number of nitrogens with one attached hydrogen (secondary N) is 2. The minimum atomic E-state index is -0.325. The van der Waals surface area contributed by atoms with Crippen LogP contribution in [0.15, 0.2) is 65.5 Å². The lowest BCUT2D eigenvalue weighted by Crippen LogP contribution is -2.03. The van der Waals surface area contributed by atoms with Gasteiger partial charge in [0.2, 0.25) is 0 Å². The molecule has 3 aromatic heterocycles. The molecule has 0 radical (unpaired) electrons. The highest BCUT2D eigenvalue weighted by molar-refractivity contribution is 9.10. The average molecular weight is 431 g/mol. The third kappa shape index (κ3) is 3.35. The Kier molecular flexibility index (Phi) is 4.72. The third-order valence-corrected chi connectivity index (χ3v) is 4.79. The highest BCUT2D eigenvalue weighted by atomic mass is 79.9. The van der Waals surface area contributed by atoms with Crippen LogP contribution in [0.2, 0.25) is 0 Å². The highest BCUT2D eigenvalue weighted by Gasteiger charge is 2.13. The van der Waals surface area contributed by atoms with Gasteiger partial charge in [-0.3, -0.25) is 9.71 Å². The van der Waals surface area contributed by atoms with Crippen LogP contribution in [-0.2, 0) is 0 Å². The SMILES string of the molecule is Fc1ccccc1-c1cc(NSNc2ccncc2)n2ncc(Br)c2n1. The van der Waals surface area contributed by atoms with E-state index in [1.54, 1.807) is 47.4 Å². The normalized spacial score (nSPS) is 10.8. The van der Waals surface area contributed by atoms with Crippen LogP contribution >= 0.6 is 28.1 Å². The summed E-state index contributed by atoms with van der Waals surface area (Å²) in [4.78, 5) is 8.50. The summed E-state index contributed by atoms with van der Waals surface area (Å²) in [6.07, 6.45) is 5.06. The van der Waals surface area contributed by atoms with E-state index < -0.39 is 0 Å². The molecule has 1 aromatic carbocycles. The zero-order chi connectivity index (χ0) is 17.9. The first-order valence-electron chi connectivity index (χ1n) is 7.59. The smallest absolute Gasteiger partial charge is 0.172 e. The van der Waals surface area contributed by atoms with Crippen LogP contribution in [0.1, 0.15) is 0 Å². The van der Waals surface area contributed by atoms with Gasteiger partial charge < -0.3 is 4.72 Å². The van der Waals surface area contributed by atoms with Crippen molar-refractivity contribution >= 4 is 45.2 Å². The Hall–Kier alpha value is -2.65. The first kappa shape index (κ1) is 16.8. The van der Waals surface area contributed by atoms with E-state index in [1.165, 1.54) is 18.2 Å². The molecule has 0 aliphatic rings. The molecule has 0 bridgehead atoms. The van der Waals surface area contributed by atoms with Crippen LogP contribution in [-0.4, -0.2) is 19.6 Å². The number of hydrogen-bond donors (Lipinski definition) is 2. The second-order valence-electron chi connectivity index (χ2n) is 5.28. The van der Waals surface area contributed by atoms with Gasteiger partial charge in [-0.05, 0) is 40.2 Å². The Morgan fingerprint density at radius 3 is 2.69 bits per heavy atom. The van der Waals surface area contributed by atoms with Gasteiger partial charge in [0.1, 0.15) is 11.6 Å². The molecule has 130 valence electrons. The molecule has 2 N–H and O–H groups in total. The summed E-state index contributed by atoms with van der Waals surface area (Å²) in [5, 5.41) is 4.30. The molecule has 4 aromatic rings. The van der Waals surface area contributed by atoms with Gasteiger partial charge in [0, 0.05) is 29.7 Å². The topological polar surface area (TPSA) is 67.1 Å². The molecular weight excluding hydrogens is 419 g/mol. The monoisotopic (exact) mass is 430 g/mol. The molecule has 0 saturated heterocycles. The predicted octanol–water partition coefficient (Wildman–Crippen LogP) is 4.78. The molecule has 4 rings (SSSR count). The van der Waals surface area contributed by atoms with Gasteiger partial charge in [-0.25, -0.2) is 9.37 Å². The van der Waals surface area contributed by atoms with Gasteiger partial charge in [-0.2, -0.15) is 9.61 Å². The fraction of sp³-hybridized carbons (Fsp3) is 0. The van der Waals surface area contributed by atoms with E-state index >= 15 is 0 Å². The first-order chi connectivity index (χ1) is 12.7. The summed E-state index contributed by atoms with van der Waals surface area (Å²) in [5.74, 6) is 0.332. The van der Waals surface area contributed by atoms with Crippen LogP contribution in [0.3, 0.4) is 0 Å². The van der Waals surface area contributed by atoms with Crippen molar-refractivity contribution in [1.82, 2.24) is 19.6 Å². The van der Waals surface area contributed by atoms with Gasteiger partial charge in [0.05, 0.1) is 28.5 Å². The molecule has 0 atom stereocenters. The molecule has 0 fully saturated rings. The Balaban J connectivity index is 1.68. The summed E-state index contributed by atoms with van der Waals surface area (Å²) in [6.45, 7) is 0. The second kappa shape index (κ2) is 7.30. The molecule has 0 spiro atoms. The number of halogens is 2. The Morgan fingerprint density at radius 2 is 1.88 bits per heavy atom. The number of aromatic nitrogens is 4. The van der Waals surface area contributed by atoms with Crippen molar-refractivity contribution in [1.29, 1.82) is 0 Å². The molecule has 9 heteroatoms. The number of anilines is 2. The van der Waals surface area contributed by atoms with E-state index in [1.807, 2.05) is 12.1 Å². The van der Waals surface area contributed by atoms with Crippen molar-refractivity contribution < 1.29 is 4.39 Å². The minimum Gasteiger partial charge on any atom is -0.312 e. The lowest BCUT2D eigenvalue weighted by Gasteiger charge is -2.11. The molecule has 0 aliphatic carbocycles. The lowest BCUT2D eigenvalue weighted by atomic mass is 10.1. The highest BCUT2D eigenvalue weighted by Crippen LogP contribution is 2.28. The van der Waals surface area contributed by atoms with Crippen LogP contribution in [0.4, 0.5) is 15.9 Å². The predicted molar refractivity (Wildman–Crippen MR) is 105 cm³/mol. The van der Waals surface area contributed by atoms with Crippen LogP contribution in [0.5, 0.6) is 0 Å². The quantitative estimate of drug-likeness (QED) is 0.444. The van der Waals surface area contributed by atoms with Crippen molar-refractivity contribution in [3.63, 3.8) is 0 Å². The maximum Gasteiger partial charge on any atom is 0.172 e. The Morgan fingerprint density at radius 1 is 1.08 bits per heavy atom. The molecule has 3 heterocycles. The maximum absolute atomic E-state index is 14.2. The van der Waals surface area contributed by atoms with Crippen molar-refractivity contribution in [2.75, 3.05) is 9.44 Å². The molecule has 0 aliphatic heterocycles. The zero-order valence-electron chi connectivity index (χ0n) is 13.2. The Labute approximate surface area is 161 Å². The first-order valence-corrected chi connectivity index (χ1v) is 9.20. The zero-order valence-corrected chi connectivity index (χ0v) is 15.6. The number of benzene rings is 1. The fourth-order valence-electron chi connectivity index (χ4n) is 2.37. The number of fused-ring (bicyclic) bond motifs is 1. The van der Waals surface area contributed by atoms with Gasteiger partial charge in [-0.1, -0.05) is 12.1 Å². The lowest BCUT2D eigenvalue weighted by molar-refractivity contribution is 0.630. The van der Waals surface area contributed by atoms with Crippen LogP contribution in [0.25, 0.3) is 16.9 Å². The fourth-order valence-corrected chi connectivity index (χ4v) is 3.28. The van der Waals surface area contributed by atoms with E-state index in [9.17, 15) is 4.39 Å². The van der Waals surface area contributed by atoms with E-state index in [0.717, 1.165) is 10.2 Å². The van der Waals surface area contributed by atoms with Crippen molar-refractivity contribution in [3.8, 4) is 11.3 Å². The minimum absolute atomic E-state index is 0.325. The average Bonchev–Trinajstić information content (AvgIpc) is 3.04. The Bertz CT molecular complexity index is 1060. The largest absolute Gasteiger partial charge is 0.312 e. The summed E-state index contributed by atoms with van der Waals surface area (Å²) < 4.78 is 22.9.